The van der Waals surface area contributed by atoms with Gasteiger partial charge >= 0.3 is 0 Å². The van der Waals surface area contributed by atoms with Crippen molar-refractivity contribution in [3.63, 3.8) is 0 Å². The molecule has 1 aromatic heterocycles. The molecule has 1 aromatic rings. The molecule has 0 saturated heterocycles. The number of hydrogen-bond donors (Lipinski definition) is 1. The van der Waals surface area contributed by atoms with Crippen molar-refractivity contribution in [3.05, 3.63) is 19.2 Å². The molecule has 0 saturated carbocycles. The minimum absolute atomic E-state index is 0.615. The molecule has 0 aliphatic rings. The first-order chi connectivity index (χ1) is 7.59. The number of rotatable bonds is 7. The molecule has 16 heavy (non-hydrogen) atoms. The number of halogens is 2. The highest BCUT2D eigenvalue weighted by atomic mass is 79.9. The second-order valence-electron chi connectivity index (χ2n) is 4.25. The van der Waals surface area contributed by atoms with Crippen LogP contribution in [-0.4, -0.2) is 12.6 Å². The van der Waals surface area contributed by atoms with Gasteiger partial charge in [0.15, 0.2) is 0 Å². The van der Waals surface area contributed by atoms with Crippen molar-refractivity contribution in [1.82, 2.24) is 5.32 Å². The summed E-state index contributed by atoms with van der Waals surface area (Å²) in [5.41, 5.74) is 0. The van der Waals surface area contributed by atoms with Crippen molar-refractivity contribution in [2.24, 2.45) is 0 Å². The third kappa shape index (κ3) is 5.80. The van der Waals surface area contributed by atoms with E-state index in [0.717, 1.165) is 6.54 Å². The van der Waals surface area contributed by atoms with Gasteiger partial charge in [-0.2, -0.15) is 0 Å². The molecule has 0 radical (unpaired) electrons. The lowest BCUT2D eigenvalue weighted by Gasteiger charge is -2.06. The molecule has 0 spiro atoms. The molecule has 0 fully saturated rings. The Morgan fingerprint density at radius 1 is 1.25 bits per heavy atom. The summed E-state index contributed by atoms with van der Waals surface area (Å²) in [7, 11) is 0. The molecule has 0 aliphatic heterocycles. The van der Waals surface area contributed by atoms with Crippen molar-refractivity contribution < 1.29 is 0 Å². The fourth-order valence-corrected chi connectivity index (χ4v) is 3.72. The third-order valence-corrected chi connectivity index (χ3v) is 5.66. The van der Waals surface area contributed by atoms with Gasteiger partial charge < -0.3 is 5.32 Å². The number of unbranched alkanes of at least 4 members (excludes halogenated alkanes) is 2. The SMILES string of the molecule is CC(C)NCCCCCc1cc(Br)c(Br)s1. The fourth-order valence-electron chi connectivity index (χ4n) is 1.51. The second kappa shape index (κ2) is 7.85. The van der Waals surface area contributed by atoms with Gasteiger partial charge in [0.25, 0.3) is 0 Å². The number of nitrogens with one attached hydrogen (secondary N) is 1. The van der Waals surface area contributed by atoms with Gasteiger partial charge in [0.05, 0.1) is 3.79 Å². The van der Waals surface area contributed by atoms with Gasteiger partial charge in [-0.3, -0.25) is 0 Å². The van der Waals surface area contributed by atoms with Crippen molar-refractivity contribution in [3.8, 4) is 0 Å². The molecule has 1 N–H and O–H groups in total. The smallest absolute Gasteiger partial charge is 0.0843 e. The van der Waals surface area contributed by atoms with Crippen molar-refractivity contribution in [2.45, 2.75) is 45.6 Å². The lowest BCUT2D eigenvalue weighted by Crippen LogP contribution is -2.23. The largest absolute Gasteiger partial charge is 0.315 e. The molecule has 0 bridgehead atoms. The summed E-state index contributed by atoms with van der Waals surface area (Å²) in [6, 6.07) is 2.84. The number of aryl methyl sites for hydroxylation is 1. The number of hydrogen-bond acceptors (Lipinski definition) is 2. The first-order valence-electron chi connectivity index (χ1n) is 5.76. The van der Waals surface area contributed by atoms with Crippen LogP contribution < -0.4 is 5.32 Å². The summed E-state index contributed by atoms with van der Waals surface area (Å²) in [6.07, 6.45) is 5.09. The minimum Gasteiger partial charge on any atom is -0.315 e. The van der Waals surface area contributed by atoms with Crippen LogP contribution in [-0.2, 0) is 6.42 Å². The zero-order valence-corrected chi connectivity index (χ0v) is 13.8. The van der Waals surface area contributed by atoms with E-state index >= 15 is 0 Å². The molecule has 0 aromatic carbocycles. The average molecular weight is 369 g/mol. The summed E-state index contributed by atoms with van der Waals surface area (Å²) >= 11 is 8.88. The number of thiophene rings is 1. The predicted octanol–water partition coefficient (Wildman–Crippen LogP) is 4.98. The Bertz CT molecular complexity index is 290. The Kier molecular flexibility index (Phi) is 7.20. The summed E-state index contributed by atoms with van der Waals surface area (Å²) in [6.45, 7) is 5.54. The molecule has 0 unspecified atom stereocenters. The molecule has 0 atom stereocenters. The van der Waals surface area contributed by atoms with Gasteiger partial charge in [0.2, 0.25) is 0 Å². The average Bonchev–Trinajstić information content (AvgIpc) is 2.52. The van der Waals surface area contributed by atoms with Crippen molar-refractivity contribution in [1.29, 1.82) is 0 Å². The van der Waals surface area contributed by atoms with Crippen LogP contribution in [0.15, 0.2) is 14.3 Å². The second-order valence-corrected chi connectivity index (χ2v) is 7.56. The van der Waals surface area contributed by atoms with Crippen molar-refractivity contribution >= 4 is 43.2 Å². The van der Waals surface area contributed by atoms with E-state index in [9.17, 15) is 0 Å². The van der Waals surface area contributed by atoms with E-state index in [1.165, 1.54) is 38.8 Å². The molecule has 4 heteroatoms. The Morgan fingerprint density at radius 2 is 2.00 bits per heavy atom. The van der Waals surface area contributed by atoms with Gasteiger partial charge in [-0.1, -0.05) is 20.3 Å². The summed E-state index contributed by atoms with van der Waals surface area (Å²) in [4.78, 5) is 1.47. The summed E-state index contributed by atoms with van der Waals surface area (Å²) < 4.78 is 2.40. The normalized spacial score (nSPS) is 11.3. The van der Waals surface area contributed by atoms with Gasteiger partial charge in [0, 0.05) is 15.4 Å². The molecule has 1 rings (SSSR count). The molecule has 0 aliphatic carbocycles. The lowest BCUT2D eigenvalue weighted by atomic mass is 10.1. The van der Waals surface area contributed by atoms with E-state index < -0.39 is 0 Å². The summed E-state index contributed by atoms with van der Waals surface area (Å²) in [5, 5.41) is 3.44. The van der Waals surface area contributed by atoms with E-state index in [1.807, 2.05) is 11.3 Å². The first-order valence-corrected chi connectivity index (χ1v) is 8.17. The third-order valence-electron chi connectivity index (χ3n) is 2.35. The van der Waals surface area contributed by atoms with Gasteiger partial charge in [-0.05, 0) is 63.7 Å². The maximum atomic E-state index is 3.53. The van der Waals surface area contributed by atoms with E-state index in [2.05, 4.69) is 57.1 Å². The zero-order chi connectivity index (χ0) is 12.0. The predicted molar refractivity (Wildman–Crippen MR) is 80.4 cm³/mol. The topological polar surface area (TPSA) is 12.0 Å². The zero-order valence-electron chi connectivity index (χ0n) is 9.85. The van der Waals surface area contributed by atoms with Crippen LogP contribution in [0.3, 0.4) is 0 Å². The molecule has 1 nitrogen and oxygen atoms in total. The summed E-state index contributed by atoms with van der Waals surface area (Å²) in [5.74, 6) is 0. The molecule has 0 amide bonds. The van der Waals surface area contributed by atoms with Crippen LogP contribution in [0, 0.1) is 0 Å². The monoisotopic (exact) mass is 367 g/mol. The molecular formula is C12H19Br2NS. The van der Waals surface area contributed by atoms with Gasteiger partial charge in [-0.25, -0.2) is 0 Å². The van der Waals surface area contributed by atoms with Crippen LogP contribution in [0.2, 0.25) is 0 Å². The quantitative estimate of drug-likeness (QED) is 0.669. The molecule has 92 valence electrons. The van der Waals surface area contributed by atoms with E-state index in [1.54, 1.807) is 0 Å². The molecular weight excluding hydrogens is 350 g/mol. The Balaban J connectivity index is 2.07. The van der Waals surface area contributed by atoms with Crippen LogP contribution in [0.25, 0.3) is 0 Å². The van der Waals surface area contributed by atoms with Gasteiger partial charge in [0.1, 0.15) is 0 Å². The standard InChI is InChI=1S/C12H19Br2NS/c1-9(2)15-7-5-3-4-6-10-8-11(13)12(14)16-10/h8-9,15H,3-7H2,1-2H3. The minimum atomic E-state index is 0.615. The van der Waals surface area contributed by atoms with E-state index in [0.29, 0.717) is 6.04 Å². The van der Waals surface area contributed by atoms with Gasteiger partial charge in [-0.15, -0.1) is 11.3 Å². The fraction of sp³-hybridized carbons (Fsp3) is 0.667. The maximum Gasteiger partial charge on any atom is 0.0843 e. The first kappa shape index (κ1) is 14.7. The van der Waals surface area contributed by atoms with E-state index in [-0.39, 0.29) is 0 Å². The molecule has 1 heterocycles. The lowest BCUT2D eigenvalue weighted by molar-refractivity contribution is 0.549. The van der Waals surface area contributed by atoms with Crippen LogP contribution >= 0.6 is 43.2 Å². The van der Waals surface area contributed by atoms with Crippen LogP contribution in [0.5, 0.6) is 0 Å². The van der Waals surface area contributed by atoms with Crippen LogP contribution in [0.4, 0.5) is 0 Å². The highest BCUT2D eigenvalue weighted by Crippen LogP contribution is 2.33. The van der Waals surface area contributed by atoms with Crippen molar-refractivity contribution in [2.75, 3.05) is 6.54 Å². The highest BCUT2D eigenvalue weighted by Gasteiger charge is 2.03. The maximum absolute atomic E-state index is 3.53. The van der Waals surface area contributed by atoms with Crippen LogP contribution in [0.1, 0.15) is 38.0 Å². The Labute approximate surface area is 119 Å². The highest BCUT2D eigenvalue weighted by molar-refractivity contribution is 9.13. The van der Waals surface area contributed by atoms with E-state index in [4.69, 9.17) is 0 Å². The Hall–Kier alpha value is 0.620. The Morgan fingerprint density at radius 3 is 2.56 bits per heavy atom.